The molecule has 2 heterocycles. The number of alkyl halides is 3. The summed E-state index contributed by atoms with van der Waals surface area (Å²) < 4.78 is 49.4. The molecular formula is C19H27F3N4O4. The lowest BCUT2D eigenvalue weighted by Crippen LogP contribution is -2.39. The van der Waals surface area contributed by atoms with Gasteiger partial charge in [-0.2, -0.15) is 13.2 Å². The molecule has 0 saturated heterocycles. The highest BCUT2D eigenvalue weighted by atomic mass is 19.4. The minimum Gasteiger partial charge on any atom is -0.458 e. The number of imidazole rings is 1. The summed E-state index contributed by atoms with van der Waals surface area (Å²) in [6, 6.07) is 0. The summed E-state index contributed by atoms with van der Waals surface area (Å²) in [5.41, 5.74) is 7.46. The third-order valence-electron chi connectivity index (χ3n) is 5.23. The third-order valence-corrected chi connectivity index (χ3v) is 5.23. The Hall–Kier alpha value is -2.40. The van der Waals surface area contributed by atoms with E-state index in [1.165, 1.54) is 0 Å². The number of aryl methyl sites for hydroxylation is 2. The molecule has 2 rings (SSSR count). The van der Waals surface area contributed by atoms with Gasteiger partial charge in [-0.1, -0.05) is 6.92 Å². The second kappa shape index (κ2) is 9.17. The first-order chi connectivity index (χ1) is 14.0. The number of nitrogen functional groups attached to an aromatic ring is 1. The molecule has 11 heteroatoms. The van der Waals surface area contributed by atoms with Crippen molar-refractivity contribution in [1.29, 1.82) is 0 Å². The monoisotopic (exact) mass is 432 g/mol. The molecule has 0 fully saturated rings. The number of esters is 1. The van der Waals surface area contributed by atoms with E-state index in [0.29, 0.717) is 29.2 Å². The molecule has 0 bridgehead atoms. The van der Waals surface area contributed by atoms with E-state index in [1.54, 1.807) is 18.4 Å². The number of nitrogens with zero attached hydrogens (tertiary/aromatic N) is 3. The summed E-state index contributed by atoms with van der Waals surface area (Å²) in [6.07, 6.45) is -4.86. The smallest absolute Gasteiger partial charge is 0.458 e. The van der Waals surface area contributed by atoms with Crippen molar-refractivity contribution in [2.24, 2.45) is 5.41 Å². The van der Waals surface area contributed by atoms with Crippen molar-refractivity contribution in [1.82, 2.24) is 14.5 Å². The number of hydrogen-bond donors (Lipinski definition) is 2. The number of aromatic nitrogens is 3. The van der Waals surface area contributed by atoms with E-state index in [0.717, 1.165) is 5.56 Å². The van der Waals surface area contributed by atoms with Crippen molar-refractivity contribution in [3.8, 4) is 0 Å². The lowest BCUT2D eigenvalue weighted by Gasteiger charge is -2.31. The molecule has 0 amide bonds. The van der Waals surface area contributed by atoms with Crippen LogP contribution in [0.3, 0.4) is 0 Å². The number of nitrogens with two attached hydrogens (primary N) is 1. The minimum absolute atomic E-state index is 0.0494. The number of hydrogen-bond acceptors (Lipinski definition) is 7. The van der Waals surface area contributed by atoms with Gasteiger partial charge in [-0.05, 0) is 32.8 Å². The second-order valence-electron chi connectivity index (χ2n) is 7.24. The zero-order valence-corrected chi connectivity index (χ0v) is 17.5. The predicted molar refractivity (Wildman–Crippen MR) is 104 cm³/mol. The Labute approximate surface area is 172 Å². The van der Waals surface area contributed by atoms with Crippen molar-refractivity contribution < 1.29 is 32.5 Å². The van der Waals surface area contributed by atoms with Crippen LogP contribution in [0.15, 0.2) is 0 Å². The number of aliphatic hydroxyl groups excluding tert-OH is 1. The van der Waals surface area contributed by atoms with Gasteiger partial charge in [0.2, 0.25) is 0 Å². The van der Waals surface area contributed by atoms with Gasteiger partial charge >= 0.3 is 12.1 Å². The highest BCUT2D eigenvalue weighted by Gasteiger charge is 2.43. The average molecular weight is 432 g/mol. The Morgan fingerprint density at radius 3 is 2.43 bits per heavy atom. The van der Waals surface area contributed by atoms with Crippen LogP contribution in [-0.2, 0) is 27.4 Å². The Morgan fingerprint density at radius 1 is 1.23 bits per heavy atom. The fourth-order valence-electron chi connectivity index (χ4n) is 3.12. The standard InChI is InChI=1S/C19H27F3N4O4/c1-5-18(9-27,10-30-17(28)19(20,21)22)8-26-13(7-29-6-2)25-14-15(26)11(3)12(4)24-16(14)23/h27H,5-10H2,1-4H3,(H2,23,24). The van der Waals surface area contributed by atoms with Crippen LogP contribution in [0, 0.1) is 19.3 Å². The fraction of sp³-hybridized carbons (Fsp3) is 0.632. The molecule has 0 radical (unpaired) electrons. The maximum atomic E-state index is 12.6. The van der Waals surface area contributed by atoms with Gasteiger partial charge in [0.15, 0.2) is 5.82 Å². The second-order valence-corrected chi connectivity index (χ2v) is 7.24. The molecule has 0 aliphatic heterocycles. The SMILES string of the molecule is CCOCc1nc2c(N)nc(C)c(C)c2n1CC(CC)(CO)COC(=O)C(F)(F)F. The largest absolute Gasteiger partial charge is 0.490 e. The van der Waals surface area contributed by atoms with Crippen LogP contribution in [0.5, 0.6) is 0 Å². The number of rotatable bonds is 9. The first-order valence-corrected chi connectivity index (χ1v) is 9.54. The first kappa shape index (κ1) is 23.9. The van der Waals surface area contributed by atoms with Gasteiger partial charge in [0.05, 0.1) is 12.1 Å². The van der Waals surface area contributed by atoms with Crippen LogP contribution < -0.4 is 5.73 Å². The highest BCUT2D eigenvalue weighted by molar-refractivity contribution is 5.88. The summed E-state index contributed by atoms with van der Waals surface area (Å²) in [4.78, 5) is 20.0. The van der Waals surface area contributed by atoms with Crippen molar-refractivity contribution in [2.45, 2.75) is 53.4 Å². The van der Waals surface area contributed by atoms with E-state index in [2.05, 4.69) is 14.7 Å². The Balaban J connectivity index is 2.53. The number of carbonyl (C=O) groups excluding carboxylic acids is 1. The molecule has 2 aromatic heterocycles. The number of aliphatic hydroxyl groups is 1. The van der Waals surface area contributed by atoms with Crippen molar-refractivity contribution in [3.05, 3.63) is 17.1 Å². The van der Waals surface area contributed by atoms with E-state index >= 15 is 0 Å². The molecule has 8 nitrogen and oxygen atoms in total. The molecule has 0 spiro atoms. The van der Waals surface area contributed by atoms with Gasteiger partial charge in [-0.25, -0.2) is 14.8 Å². The molecule has 3 N–H and O–H groups in total. The van der Waals surface area contributed by atoms with E-state index in [1.807, 2.05) is 13.8 Å². The number of carbonyl (C=O) groups is 1. The van der Waals surface area contributed by atoms with Crippen molar-refractivity contribution in [3.63, 3.8) is 0 Å². The molecule has 1 unspecified atom stereocenters. The predicted octanol–water partition coefficient (Wildman–Crippen LogP) is 2.66. The van der Waals surface area contributed by atoms with E-state index in [9.17, 15) is 23.1 Å². The Kier molecular flexibility index (Phi) is 7.30. The number of pyridine rings is 1. The van der Waals surface area contributed by atoms with Gasteiger partial charge in [-0.15, -0.1) is 0 Å². The maximum Gasteiger partial charge on any atom is 0.490 e. The quantitative estimate of drug-likeness (QED) is 0.586. The number of ether oxygens (including phenoxy) is 2. The molecule has 30 heavy (non-hydrogen) atoms. The lowest BCUT2D eigenvalue weighted by molar-refractivity contribution is -0.203. The minimum atomic E-state index is -5.11. The topological polar surface area (TPSA) is 112 Å². The zero-order valence-electron chi connectivity index (χ0n) is 17.5. The molecular weight excluding hydrogens is 405 g/mol. The molecule has 168 valence electrons. The maximum absolute atomic E-state index is 12.6. The van der Waals surface area contributed by atoms with Crippen LogP contribution in [0.25, 0.3) is 11.0 Å². The normalized spacial score (nSPS) is 14.1. The zero-order chi connectivity index (χ0) is 22.7. The molecule has 0 aliphatic rings. The van der Waals surface area contributed by atoms with Gasteiger partial charge in [0.25, 0.3) is 0 Å². The van der Waals surface area contributed by atoms with E-state index in [4.69, 9.17) is 10.5 Å². The summed E-state index contributed by atoms with van der Waals surface area (Å²) in [6.45, 7) is 6.65. The summed E-state index contributed by atoms with van der Waals surface area (Å²) in [5.74, 6) is -1.58. The van der Waals surface area contributed by atoms with Gasteiger partial charge in [-0.3, -0.25) is 0 Å². The van der Waals surface area contributed by atoms with Gasteiger partial charge in [0, 0.05) is 24.3 Å². The molecule has 2 aromatic rings. The Bertz CT molecular complexity index is 908. The van der Waals surface area contributed by atoms with Crippen LogP contribution >= 0.6 is 0 Å². The summed E-state index contributed by atoms with van der Waals surface area (Å²) in [7, 11) is 0. The van der Waals surface area contributed by atoms with Crippen LogP contribution in [0.4, 0.5) is 19.0 Å². The van der Waals surface area contributed by atoms with E-state index in [-0.39, 0.29) is 25.4 Å². The number of anilines is 1. The van der Waals surface area contributed by atoms with Gasteiger partial charge in [0.1, 0.15) is 24.6 Å². The average Bonchev–Trinajstić information content (AvgIpc) is 3.05. The van der Waals surface area contributed by atoms with Crippen LogP contribution in [-0.4, -0.2) is 51.6 Å². The first-order valence-electron chi connectivity index (χ1n) is 9.54. The molecule has 0 saturated carbocycles. The highest BCUT2D eigenvalue weighted by Crippen LogP contribution is 2.32. The summed E-state index contributed by atoms with van der Waals surface area (Å²) >= 11 is 0. The molecule has 0 aromatic carbocycles. The van der Waals surface area contributed by atoms with Crippen molar-refractivity contribution >= 4 is 22.8 Å². The van der Waals surface area contributed by atoms with Crippen molar-refractivity contribution in [2.75, 3.05) is 25.6 Å². The number of halogens is 3. The summed E-state index contributed by atoms with van der Waals surface area (Å²) in [5, 5.41) is 10.0. The lowest BCUT2D eigenvalue weighted by atomic mass is 9.86. The van der Waals surface area contributed by atoms with E-state index < -0.39 is 30.8 Å². The Morgan fingerprint density at radius 2 is 1.90 bits per heavy atom. The van der Waals surface area contributed by atoms with Crippen LogP contribution in [0.2, 0.25) is 0 Å². The van der Waals surface area contributed by atoms with Crippen LogP contribution in [0.1, 0.15) is 37.4 Å². The third kappa shape index (κ3) is 4.84. The molecule has 0 aliphatic carbocycles. The fourth-order valence-corrected chi connectivity index (χ4v) is 3.12. The van der Waals surface area contributed by atoms with Gasteiger partial charge < -0.3 is 24.9 Å². The molecule has 1 atom stereocenters. The number of fused-ring (bicyclic) bond motifs is 1.